The van der Waals surface area contributed by atoms with E-state index in [-0.39, 0.29) is 30.2 Å². The molecular weight excluding hydrogens is 354 g/mol. The van der Waals surface area contributed by atoms with Gasteiger partial charge in [-0.2, -0.15) is 0 Å². The fraction of sp³-hybridized carbons (Fsp3) is 0.500. The average molecular weight is 381 g/mol. The Morgan fingerprint density at radius 3 is 2.25 bits per heavy atom. The van der Waals surface area contributed by atoms with Crippen LogP contribution in [0.5, 0.6) is 0 Å². The van der Waals surface area contributed by atoms with Gasteiger partial charge in [-0.05, 0) is 37.3 Å². The molecule has 2 aliphatic heterocycles. The van der Waals surface area contributed by atoms with Gasteiger partial charge in [0.1, 0.15) is 0 Å². The first-order chi connectivity index (χ1) is 13.6. The molecule has 2 heterocycles. The van der Waals surface area contributed by atoms with Gasteiger partial charge in [0.25, 0.3) is 0 Å². The van der Waals surface area contributed by atoms with E-state index in [0.717, 1.165) is 18.4 Å². The van der Waals surface area contributed by atoms with E-state index in [1.54, 1.807) is 15.9 Å². The van der Waals surface area contributed by atoms with Crippen LogP contribution in [0.25, 0.3) is 6.08 Å². The van der Waals surface area contributed by atoms with Crippen molar-refractivity contribution in [2.75, 3.05) is 32.7 Å². The number of piperidine rings is 1. The highest BCUT2D eigenvalue weighted by atomic mass is 16.2. The molecule has 0 spiro atoms. The van der Waals surface area contributed by atoms with Crippen LogP contribution in [0.4, 0.5) is 0 Å². The van der Waals surface area contributed by atoms with Gasteiger partial charge in [0, 0.05) is 44.2 Å². The number of piperazine rings is 1. The predicted octanol–water partition coefficient (Wildman–Crippen LogP) is 1.77. The zero-order chi connectivity index (χ0) is 19.5. The molecule has 0 aromatic heterocycles. The minimum atomic E-state index is -0.0811. The summed E-state index contributed by atoms with van der Waals surface area (Å²) in [5.41, 5.74) is 0.996. The molecule has 2 saturated heterocycles. The van der Waals surface area contributed by atoms with Crippen LogP contribution in [-0.4, -0.2) is 71.2 Å². The molecule has 1 aromatic carbocycles. The quantitative estimate of drug-likeness (QED) is 0.747. The molecule has 148 valence electrons. The minimum absolute atomic E-state index is 0.0111. The Hall–Kier alpha value is -2.63. The molecule has 0 bridgehead atoms. The number of rotatable bonds is 4. The van der Waals surface area contributed by atoms with Gasteiger partial charge in [-0.3, -0.25) is 14.4 Å². The Morgan fingerprint density at radius 1 is 0.893 bits per heavy atom. The second-order valence-electron chi connectivity index (χ2n) is 7.92. The first-order valence-electron chi connectivity index (χ1n) is 10.2. The summed E-state index contributed by atoms with van der Waals surface area (Å²) < 4.78 is 0. The molecule has 3 amide bonds. The van der Waals surface area contributed by atoms with Crippen molar-refractivity contribution in [3.63, 3.8) is 0 Å². The van der Waals surface area contributed by atoms with Crippen molar-refractivity contribution in [2.24, 2.45) is 5.92 Å². The fourth-order valence-electron chi connectivity index (χ4n) is 4.09. The largest absolute Gasteiger partial charge is 0.339 e. The maximum absolute atomic E-state index is 12.8. The monoisotopic (exact) mass is 381 g/mol. The lowest BCUT2D eigenvalue weighted by Gasteiger charge is -2.38. The van der Waals surface area contributed by atoms with Crippen molar-refractivity contribution in [3.8, 4) is 0 Å². The van der Waals surface area contributed by atoms with Gasteiger partial charge in [0.2, 0.25) is 17.7 Å². The first kappa shape index (κ1) is 18.7. The zero-order valence-electron chi connectivity index (χ0n) is 16.1. The summed E-state index contributed by atoms with van der Waals surface area (Å²) in [4.78, 5) is 42.9. The molecule has 1 saturated carbocycles. The molecule has 3 fully saturated rings. The van der Waals surface area contributed by atoms with E-state index in [9.17, 15) is 14.4 Å². The molecule has 1 aromatic rings. The van der Waals surface area contributed by atoms with E-state index in [1.165, 1.54) is 0 Å². The Balaban J connectivity index is 1.25. The number of carbonyl (C=O) groups is 3. The second kappa shape index (κ2) is 8.17. The third-order valence-electron chi connectivity index (χ3n) is 5.93. The normalized spacial score (nSPS) is 21.4. The molecule has 3 aliphatic rings. The Labute approximate surface area is 165 Å². The molecule has 0 unspecified atom stereocenters. The average Bonchev–Trinajstić information content (AvgIpc) is 3.57. The Kier molecular flexibility index (Phi) is 5.46. The van der Waals surface area contributed by atoms with Crippen LogP contribution in [0.2, 0.25) is 0 Å². The van der Waals surface area contributed by atoms with Gasteiger partial charge in [0.05, 0.1) is 6.54 Å². The van der Waals surface area contributed by atoms with Crippen LogP contribution >= 0.6 is 0 Å². The van der Waals surface area contributed by atoms with E-state index in [4.69, 9.17) is 0 Å². The molecule has 0 radical (unpaired) electrons. The highest BCUT2D eigenvalue weighted by Crippen LogP contribution is 2.29. The highest BCUT2D eigenvalue weighted by Gasteiger charge is 2.38. The number of nitrogens with zero attached hydrogens (tertiary/aromatic N) is 3. The maximum Gasteiger partial charge on any atom is 0.246 e. The number of carbonyl (C=O) groups excluding carboxylic acids is 3. The SMILES string of the molecule is O=C(/C=C/c1ccccc1)N1CCC(C(=O)N2CCN(C3CC3)C(=O)C2)CC1. The summed E-state index contributed by atoms with van der Waals surface area (Å²) in [7, 11) is 0. The molecule has 0 N–H and O–H groups in total. The van der Waals surface area contributed by atoms with Crippen molar-refractivity contribution < 1.29 is 14.4 Å². The van der Waals surface area contributed by atoms with Crippen LogP contribution in [0.15, 0.2) is 36.4 Å². The highest BCUT2D eigenvalue weighted by molar-refractivity contribution is 5.92. The molecule has 1 aliphatic carbocycles. The third-order valence-corrected chi connectivity index (χ3v) is 5.93. The minimum Gasteiger partial charge on any atom is -0.339 e. The standard InChI is InChI=1S/C22H27N3O3/c26-20(9-6-17-4-2-1-3-5-17)23-12-10-18(11-13-23)22(28)24-14-15-25(19-7-8-19)21(27)16-24/h1-6,9,18-19H,7-8,10-16H2/b9-6+. The number of benzene rings is 1. The van der Waals surface area contributed by atoms with Crippen molar-refractivity contribution >= 4 is 23.8 Å². The van der Waals surface area contributed by atoms with Gasteiger partial charge in [0.15, 0.2) is 0 Å². The van der Waals surface area contributed by atoms with E-state index in [0.29, 0.717) is 45.1 Å². The summed E-state index contributed by atoms with van der Waals surface area (Å²) in [6.07, 6.45) is 6.97. The van der Waals surface area contributed by atoms with Crippen LogP contribution in [-0.2, 0) is 14.4 Å². The first-order valence-corrected chi connectivity index (χ1v) is 10.2. The molecule has 6 heteroatoms. The van der Waals surface area contributed by atoms with Crippen LogP contribution < -0.4 is 0 Å². The summed E-state index contributed by atoms with van der Waals surface area (Å²) in [5, 5.41) is 0. The van der Waals surface area contributed by atoms with E-state index >= 15 is 0 Å². The number of hydrogen-bond acceptors (Lipinski definition) is 3. The van der Waals surface area contributed by atoms with Crippen LogP contribution in [0, 0.1) is 5.92 Å². The van der Waals surface area contributed by atoms with E-state index < -0.39 is 0 Å². The molecular formula is C22H27N3O3. The summed E-state index contributed by atoms with van der Waals surface area (Å²) in [6, 6.07) is 10.2. The second-order valence-corrected chi connectivity index (χ2v) is 7.92. The zero-order valence-corrected chi connectivity index (χ0v) is 16.1. The van der Waals surface area contributed by atoms with Gasteiger partial charge < -0.3 is 14.7 Å². The topological polar surface area (TPSA) is 60.9 Å². The van der Waals surface area contributed by atoms with Crippen LogP contribution in [0.3, 0.4) is 0 Å². The third kappa shape index (κ3) is 4.26. The lowest BCUT2D eigenvalue weighted by molar-refractivity contribution is -0.149. The molecule has 4 rings (SSSR count). The van der Waals surface area contributed by atoms with Gasteiger partial charge in [-0.15, -0.1) is 0 Å². The van der Waals surface area contributed by atoms with Gasteiger partial charge in [-0.25, -0.2) is 0 Å². The summed E-state index contributed by atoms with van der Waals surface area (Å²) >= 11 is 0. The van der Waals surface area contributed by atoms with Gasteiger partial charge in [-0.1, -0.05) is 30.3 Å². The summed E-state index contributed by atoms with van der Waals surface area (Å²) in [6.45, 7) is 2.69. The molecule has 28 heavy (non-hydrogen) atoms. The smallest absolute Gasteiger partial charge is 0.246 e. The fourth-order valence-corrected chi connectivity index (χ4v) is 4.09. The van der Waals surface area contributed by atoms with Crippen LogP contribution in [0.1, 0.15) is 31.2 Å². The van der Waals surface area contributed by atoms with Crippen molar-refractivity contribution in [3.05, 3.63) is 42.0 Å². The Bertz CT molecular complexity index is 764. The van der Waals surface area contributed by atoms with Crippen molar-refractivity contribution in [1.29, 1.82) is 0 Å². The molecule has 6 nitrogen and oxygen atoms in total. The van der Waals surface area contributed by atoms with Crippen molar-refractivity contribution in [1.82, 2.24) is 14.7 Å². The van der Waals surface area contributed by atoms with E-state index in [1.807, 2.05) is 41.3 Å². The predicted molar refractivity (Wildman–Crippen MR) is 106 cm³/mol. The lowest BCUT2D eigenvalue weighted by Crippen LogP contribution is -2.55. The lowest BCUT2D eigenvalue weighted by atomic mass is 9.94. The Morgan fingerprint density at radius 2 is 1.61 bits per heavy atom. The van der Waals surface area contributed by atoms with Gasteiger partial charge >= 0.3 is 0 Å². The summed E-state index contributed by atoms with van der Waals surface area (Å²) in [5.74, 6) is 0.0712. The van der Waals surface area contributed by atoms with Crippen molar-refractivity contribution in [2.45, 2.75) is 31.7 Å². The molecule has 0 atom stereocenters. The maximum atomic E-state index is 12.8. The number of hydrogen-bond donors (Lipinski definition) is 0. The number of likely N-dealkylation sites (tertiary alicyclic amines) is 1. The van der Waals surface area contributed by atoms with E-state index in [2.05, 4.69) is 0 Å². The number of amides is 3.